The number of hydrogen-bond donors (Lipinski definition) is 1. The third-order valence-electron chi connectivity index (χ3n) is 2.02. The topological polar surface area (TPSA) is 55.1 Å². The predicted molar refractivity (Wildman–Crippen MR) is 62.9 cm³/mol. The van der Waals surface area contributed by atoms with E-state index in [2.05, 4.69) is 32.3 Å². The molecule has 4 nitrogen and oxygen atoms in total. The van der Waals surface area contributed by atoms with Gasteiger partial charge >= 0.3 is 0 Å². The molecule has 0 bridgehead atoms. The molecule has 1 heterocycles. The third kappa shape index (κ3) is 1.79. The number of para-hydroxylation sites is 1. The van der Waals surface area contributed by atoms with Crippen LogP contribution >= 0.6 is 15.9 Å². The van der Waals surface area contributed by atoms with Crippen LogP contribution in [0.25, 0.3) is 11.0 Å². The van der Waals surface area contributed by atoms with E-state index in [1.807, 2.05) is 12.1 Å². The first-order chi connectivity index (χ1) is 7.74. The Balaban J connectivity index is 2.43. The molecule has 0 fully saturated rings. The molecule has 5 heteroatoms. The molecule has 1 aromatic heterocycles. The van der Waals surface area contributed by atoms with E-state index in [1.54, 1.807) is 6.07 Å². The molecule has 16 heavy (non-hydrogen) atoms. The number of amides is 1. The quantitative estimate of drug-likeness (QED) is 0.855. The van der Waals surface area contributed by atoms with Crippen LogP contribution < -0.4 is 5.32 Å². The number of aromatic nitrogens is 1. The van der Waals surface area contributed by atoms with Gasteiger partial charge in [-0.3, -0.25) is 4.79 Å². The van der Waals surface area contributed by atoms with Gasteiger partial charge in [0.25, 0.3) is 5.91 Å². The maximum absolute atomic E-state index is 11.6. The Morgan fingerprint density at radius 3 is 3.19 bits per heavy atom. The molecule has 0 spiro atoms. The van der Waals surface area contributed by atoms with Gasteiger partial charge < -0.3 is 9.84 Å². The number of fused-ring (bicyclic) bond motifs is 1. The number of rotatable bonds is 2. The van der Waals surface area contributed by atoms with Gasteiger partial charge in [0, 0.05) is 0 Å². The van der Waals surface area contributed by atoms with E-state index in [4.69, 9.17) is 10.9 Å². The summed E-state index contributed by atoms with van der Waals surface area (Å²) in [5.41, 5.74) is 0.792. The summed E-state index contributed by atoms with van der Waals surface area (Å²) in [5, 5.41) is 6.91. The highest BCUT2D eigenvalue weighted by molar-refractivity contribution is 9.10. The second kappa shape index (κ2) is 4.37. The lowest BCUT2D eigenvalue weighted by Crippen LogP contribution is -2.23. The first-order valence-corrected chi connectivity index (χ1v) is 5.29. The molecule has 2 rings (SSSR count). The molecule has 1 amide bonds. The molecule has 0 aliphatic rings. The first kappa shape index (κ1) is 10.7. The normalized spacial score (nSPS) is 10.0. The molecule has 0 unspecified atom stereocenters. The van der Waals surface area contributed by atoms with Crippen molar-refractivity contribution in [3.05, 3.63) is 28.4 Å². The molecule has 0 aliphatic heterocycles. The second-order valence-corrected chi connectivity index (χ2v) is 3.89. The van der Waals surface area contributed by atoms with E-state index in [9.17, 15) is 4.79 Å². The number of carbonyl (C=O) groups is 1. The Bertz CT molecular complexity index is 583. The summed E-state index contributed by atoms with van der Waals surface area (Å²) in [6.45, 7) is 0.168. The summed E-state index contributed by atoms with van der Waals surface area (Å²) in [5.74, 6) is 1.98. The van der Waals surface area contributed by atoms with Crippen molar-refractivity contribution in [2.45, 2.75) is 0 Å². The minimum absolute atomic E-state index is 0.168. The van der Waals surface area contributed by atoms with Crippen LogP contribution in [0.15, 0.2) is 27.2 Å². The fraction of sp³-hybridized carbons (Fsp3) is 0.0909. The number of nitrogens with zero attached hydrogens (tertiary/aromatic N) is 1. The average Bonchev–Trinajstić information content (AvgIpc) is 2.71. The lowest BCUT2D eigenvalue weighted by Gasteiger charge is -1.96. The number of terminal acetylenes is 1. The maximum Gasteiger partial charge on any atom is 0.274 e. The summed E-state index contributed by atoms with van der Waals surface area (Å²) in [6, 6.07) is 5.39. The van der Waals surface area contributed by atoms with Crippen LogP contribution in [-0.4, -0.2) is 17.6 Å². The molecular formula is C11H7BrN2O2. The van der Waals surface area contributed by atoms with Gasteiger partial charge in [-0.2, -0.15) is 0 Å². The molecule has 0 atom stereocenters. The zero-order valence-electron chi connectivity index (χ0n) is 8.16. The fourth-order valence-corrected chi connectivity index (χ4v) is 1.75. The van der Waals surface area contributed by atoms with Crippen LogP contribution in [0.3, 0.4) is 0 Å². The Hall–Kier alpha value is -1.80. The van der Waals surface area contributed by atoms with Crippen molar-refractivity contribution in [1.82, 2.24) is 10.5 Å². The highest BCUT2D eigenvalue weighted by Gasteiger charge is 2.16. The molecular weight excluding hydrogens is 272 g/mol. The molecule has 2 aromatic rings. The summed E-state index contributed by atoms with van der Waals surface area (Å²) >= 11 is 3.31. The van der Waals surface area contributed by atoms with Crippen molar-refractivity contribution in [2.24, 2.45) is 0 Å². The molecule has 0 aliphatic carbocycles. The summed E-state index contributed by atoms with van der Waals surface area (Å²) < 4.78 is 5.83. The third-order valence-corrected chi connectivity index (χ3v) is 2.64. The van der Waals surface area contributed by atoms with Gasteiger partial charge in [-0.15, -0.1) is 6.42 Å². The lowest BCUT2D eigenvalue weighted by molar-refractivity contribution is 0.0951. The largest absolute Gasteiger partial charge is 0.354 e. The summed E-state index contributed by atoms with van der Waals surface area (Å²) in [4.78, 5) is 11.6. The zero-order chi connectivity index (χ0) is 11.5. The monoisotopic (exact) mass is 278 g/mol. The van der Waals surface area contributed by atoms with Crippen LogP contribution in [0, 0.1) is 12.3 Å². The predicted octanol–water partition coefficient (Wildman–Crippen LogP) is 1.95. The second-order valence-electron chi connectivity index (χ2n) is 3.03. The number of halogens is 1. The summed E-state index contributed by atoms with van der Waals surface area (Å²) in [6.07, 6.45) is 5.05. The maximum atomic E-state index is 11.6. The van der Waals surface area contributed by atoms with Gasteiger partial charge in [-0.05, 0) is 28.1 Å². The van der Waals surface area contributed by atoms with Gasteiger partial charge in [-0.1, -0.05) is 17.1 Å². The van der Waals surface area contributed by atoms with Gasteiger partial charge in [-0.25, -0.2) is 0 Å². The smallest absolute Gasteiger partial charge is 0.274 e. The van der Waals surface area contributed by atoms with Crippen LogP contribution in [-0.2, 0) is 0 Å². The Labute approximate surface area is 100 Å². The zero-order valence-corrected chi connectivity index (χ0v) is 9.74. The van der Waals surface area contributed by atoms with Gasteiger partial charge in [0.2, 0.25) is 0 Å². The molecule has 1 aromatic carbocycles. The van der Waals surface area contributed by atoms with Crippen molar-refractivity contribution in [1.29, 1.82) is 0 Å². The Kier molecular flexibility index (Phi) is 2.93. The Morgan fingerprint density at radius 1 is 1.62 bits per heavy atom. The number of carbonyl (C=O) groups excluding carboxylic acids is 1. The van der Waals surface area contributed by atoms with Crippen LogP contribution in [0.1, 0.15) is 10.5 Å². The van der Waals surface area contributed by atoms with Crippen molar-refractivity contribution in [3.63, 3.8) is 0 Å². The standard InChI is InChI=1S/C11H7BrN2O2/c1-2-6-13-11(15)9-7-4-3-5-8(12)10(7)16-14-9/h1,3-5H,6H2,(H,13,15). The van der Waals surface area contributed by atoms with Gasteiger partial charge in [0.15, 0.2) is 11.3 Å². The minimum Gasteiger partial charge on any atom is -0.354 e. The number of benzene rings is 1. The fourth-order valence-electron chi connectivity index (χ4n) is 1.31. The number of nitrogens with one attached hydrogen (secondary N) is 1. The average molecular weight is 279 g/mol. The highest BCUT2D eigenvalue weighted by atomic mass is 79.9. The SMILES string of the molecule is C#CCNC(=O)c1noc2c(Br)cccc12. The van der Waals surface area contributed by atoms with E-state index >= 15 is 0 Å². The molecule has 0 saturated heterocycles. The molecule has 0 radical (unpaired) electrons. The van der Waals surface area contributed by atoms with Crippen LogP contribution in [0.2, 0.25) is 0 Å². The summed E-state index contributed by atoms with van der Waals surface area (Å²) in [7, 11) is 0. The highest BCUT2D eigenvalue weighted by Crippen LogP contribution is 2.25. The minimum atomic E-state index is -0.338. The van der Waals surface area contributed by atoms with E-state index in [-0.39, 0.29) is 18.1 Å². The van der Waals surface area contributed by atoms with E-state index in [0.717, 1.165) is 4.47 Å². The molecule has 80 valence electrons. The van der Waals surface area contributed by atoms with E-state index < -0.39 is 0 Å². The molecule has 0 saturated carbocycles. The van der Waals surface area contributed by atoms with Crippen molar-refractivity contribution in [3.8, 4) is 12.3 Å². The lowest BCUT2D eigenvalue weighted by atomic mass is 10.2. The van der Waals surface area contributed by atoms with E-state index in [1.165, 1.54) is 0 Å². The van der Waals surface area contributed by atoms with Crippen molar-refractivity contribution >= 4 is 32.8 Å². The Morgan fingerprint density at radius 2 is 2.44 bits per heavy atom. The number of hydrogen-bond acceptors (Lipinski definition) is 3. The van der Waals surface area contributed by atoms with Crippen LogP contribution in [0.5, 0.6) is 0 Å². The van der Waals surface area contributed by atoms with Gasteiger partial charge in [0.1, 0.15) is 0 Å². The van der Waals surface area contributed by atoms with Crippen LogP contribution in [0.4, 0.5) is 0 Å². The van der Waals surface area contributed by atoms with Gasteiger partial charge in [0.05, 0.1) is 16.4 Å². The van der Waals surface area contributed by atoms with Crippen molar-refractivity contribution in [2.75, 3.05) is 6.54 Å². The molecule has 1 N–H and O–H groups in total. The first-order valence-electron chi connectivity index (χ1n) is 4.49. The van der Waals surface area contributed by atoms with E-state index in [0.29, 0.717) is 11.0 Å². The van der Waals surface area contributed by atoms with Crippen molar-refractivity contribution < 1.29 is 9.32 Å².